The predicted molar refractivity (Wildman–Crippen MR) is 74.0 cm³/mol. The Labute approximate surface area is 119 Å². The number of nitrogens with zero attached hydrogens (tertiary/aromatic N) is 1. The summed E-state index contributed by atoms with van der Waals surface area (Å²) in [7, 11) is 0. The molecule has 0 spiro atoms. The van der Waals surface area contributed by atoms with E-state index in [0.717, 1.165) is 24.0 Å². The van der Waals surface area contributed by atoms with E-state index in [2.05, 4.69) is 4.98 Å². The number of benzene rings is 1. The van der Waals surface area contributed by atoms with Gasteiger partial charge in [-0.3, -0.25) is 0 Å². The van der Waals surface area contributed by atoms with Crippen molar-refractivity contribution in [3.05, 3.63) is 51.8 Å². The topological polar surface area (TPSA) is 58.0 Å². The van der Waals surface area contributed by atoms with Gasteiger partial charge < -0.3 is 14.7 Å². The van der Waals surface area contributed by atoms with Gasteiger partial charge >= 0.3 is 5.97 Å². The number of H-pyrrole nitrogens is 1. The summed E-state index contributed by atoms with van der Waals surface area (Å²) in [5, 5.41) is 9.20. The number of aromatic carboxylic acids is 1. The molecule has 2 N–H and O–H groups in total. The number of halogens is 1. The summed E-state index contributed by atoms with van der Waals surface area (Å²) in [5.74, 6) is -1.28. The standard InChI is InChI=1S/C14H13FN2O2S/c15-10-3-1-8-2-4-11(6-9(8)5-10)17-12(13(18)19)7-16-14(17)20/h1,3,5,7,11H,2,4,6H2,(H,16,20)(H,18,19). The number of hydrogen-bond donors (Lipinski definition) is 2. The number of hydrogen-bond acceptors (Lipinski definition) is 2. The van der Waals surface area contributed by atoms with Crippen molar-refractivity contribution >= 4 is 18.2 Å². The highest BCUT2D eigenvalue weighted by molar-refractivity contribution is 7.71. The van der Waals surface area contributed by atoms with Crippen molar-refractivity contribution in [1.29, 1.82) is 0 Å². The van der Waals surface area contributed by atoms with Crippen LogP contribution in [0.25, 0.3) is 0 Å². The van der Waals surface area contributed by atoms with Gasteiger partial charge in [0.15, 0.2) is 4.77 Å². The van der Waals surface area contributed by atoms with Crippen LogP contribution in [0.15, 0.2) is 24.4 Å². The first-order chi connectivity index (χ1) is 9.56. The lowest BCUT2D eigenvalue weighted by Gasteiger charge is -2.26. The van der Waals surface area contributed by atoms with Gasteiger partial charge in [-0.25, -0.2) is 9.18 Å². The maximum absolute atomic E-state index is 13.3. The molecule has 0 saturated carbocycles. The monoisotopic (exact) mass is 292 g/mol. The van der Waals surface area contributed by atoms with Gasteiger partial charge in [0, 0.05) is 12.2 Å². The highest BCUT2D eigenvalue weighted by Gasteiger charge is 2.24. The first kappa shape index (κ1) is 13.1. The van der Waals surface area contributed by atoms with E-state index in [4.69, 9.17) is 12.2 Å². The number of carbonyl (C=O) groups is 1. The maximum Gasteiger partial charge on any atom is 0.354 e. The lowest BCUT2D eigenvalue weighted by Crippen LogP contribution is -2.22. The third-order valence-corrected chi connectivity index (χ3v) is 4.08. The van der Waals surface area contributed by atoms with E-state index in [0.29, 0.717) is 11.2 Å². The number of carboxylic acids is 1. The zero-order chi connectivity index (χ0) is 14.3. The fourth-order valence-electron chi connectivity index (χ4n) is 2.83. The molecule has 4 nitrogen and oxygen atoms in total. The van der Waals surface area contributed by atoms with E-state index in [1.165, 1.54) is 18.3 Å². The number of nitrogens with one attached hydrogen (secondary N) is 1. The Bertz CT molecular complexity index is 735. The molecular weight excluding hydrogens is 279 g/mol. The van der Waals surface area contributed by atoms with E-state index < -0.39 is 5.97 Å². The van der Waals surface area contributed by atoms with Gasteiger partial charge in [0.05, 0.1) is 0 Å². The molecule has 6 heteroatoms. The van der Waals surface area contributed by atoms with Crippen LogP contribution in [0.5, 0.6) is 0 Å². The molecule has 0 radical (unpaired) electrons. The first-order valence-corrected chi connectivity index (χ1v) is 6.77. The predicted octanol–water partition coefficient (Wildman–Crippen LogP) is 3.11. The van der Waals surface area contributed by atoms with Crippen LogP contribution in [0, 0.1) is 10.6 Å². The number of carboxylic acid groups (broad SMARTS) is 1. The largest absolute Gasteiger partial charge is 0.477 e. The van der Waals surface area contributed by atoms with E-state index in [1.54, 1.807) is 10.6 Å². The highest BCUT2D eigenvalue weighted by atomic mass is 32.1. The van der Waals surface area contributed by atoms with Crippen LogP contribution < -0.4 is 0 Å². The minimum absolute atomic E-state index is 0.0471. The Morgan fingerprint density at radius 1 is 1.45 bits per heavy atom. The van der Waals surface area contributed by atoms with E-state index in [-0.39, 0.29) is 17.6 Å². The number of aryl methyl sites for hydroxylation is 1. The molecule has 1 aliphatic carbocycles. The summed E-state index contributed by atoms with van der Waals surface area (Å²) in [6.07, 6.45) is 3.60. The first-order valence-electron chi connectivity index (χ1n) is 6.37. The molecule has 1 atom stereocenters. The molecule has 104 valence electrons. The van der Waals surface area contributed by atoms with Crippen LogP contribution in [-0.2, 0) is 12.8 Å². The number of aromatic nitrogens is 2. The van der Waals surface area contributed by atoms with Crippen LogP contribution in [0.4, 0.5) is 4.39 Å². The van der Waals surface area contributed by atoms with Gasteiger partial charge in [0.25, 0.3) is 0 Å². The van der Waals surface area contributed by atoms with Crippen LogP contribution in [-0.4, -0.2) is 20.6 Å². The molecule has 1 unspecified atom stereocenters. The van der Waals surface area contributed by atoms with Crippen molar-refractivity contribution in [1.82, 2.24) is 9.55 Å². The van der Waals surface area contributed by atoms with Crippen LogP contribution in [0.2, 0.25) is 0 Å². The second-order valence-electron chi connectivity index (χ2n) is 4.96. The summed E-state index contributed by atoms with van der Waals surface area (Å²) in [5.41, 5.74) is 2.21. The summed E-state index contributed by atoms with van der Waals surface area (Å²) in [6.45, 7) is 0. The average molecular weight is 292 g/mol. The van der Waals surface area contributed by atoms with Crippen LogP contribution in [0.1, 0.15) is 34.1 Å². The number of imidazole rings is 1. The van der Waals surface area contributed by atoms with Gasteiger partial charge in [-0.2, -0.15) is 0 Å². The quantitative estimate of drug-likeness (QED) is 0.836. The summed E-state index contributed by atoms with van der Waals surface area (Å²) < 4.78 is 15.3. The Morgan fingerprint density at radius 2 is 2.25 bits per heavy atom. The van der Waals surface area contributed by atoms with Gasteiger partial charge in [-0.1, -0.05) is 6.07 Å². The Kier molecular flexibility index (Phi) is 3.17. The normalized spacial score (nSPS) is 17.8. The Balaban J connectivity index is 2.00. The highest BCUT2D eigenvalue weighted by Crippen LogP contribution is 2.30. The zero-order valence-corrected chi connectivity index (χ0v) is 11.4. The molecule has 1 aliphatic rings. The summed E-state index contributed by atoms with van der Waals surface area (Å²) in [4.78, 5) is 14.0. The van der Waals surface area contributed by atoms with Crippen LogP contribution >= 0.6 is 12.2 Å². The number of rotatable bonds is 2. The van der Waals surface area contributed by atoms with Crippen molar-refractivity contribution in [3.63, 3.8) is 0 Å². The lowest BCUT2D eigenvalue weighted by atomic mass is 9.88. The zero-order valence-electron chi connectivity index (χ0n) is 10.6. The van der Waals surface area contributed by atoms with E-state index in [9.17, 15) is 14.3 Å². The second-order valence-corrected chi connectivity index (χ2v) is 5.35. The van der Waals surface area contributed by atoms with Gasteiger partial charge in [0.2, 0.25) is 0 Å². The number of fused-ring (bicyclic) bond motifs is 1. The lowest BCUT2D eigenvalue weighted by molar-refractivity contribution is 0.0681. The Morgan fingerprint density at radius 3 is 3.00 bits per heavy atom. The second kappa shape index (κ2) is 4.86. The van der Waals surface area contributed by atoms with Gasteiger partial charge in [-0.15, -0.1) is 0 Å². The SMILES string of the molecule is O=C(O)c1c[nH]c(=S)n1C1CCc2ccc(F)cc2C1. The molecule has 0 amide bonds. The molecule has 2 aromatic rings. The molecule has 20 heavy (non-hydrogen) atoms. The van der Waals surface area contributed by atoms with Crippen molar-refractivity contribution in [2.24, 2.45) is 0 Å². The molecule has 0 saturated heterocycles. The van der Waals surface area contributed by atoms with Gasteiger partial charge in [0.1, 0.15) is 11.5 Å². The molecule has 0 fully saturated rings. The molecule has 0 aliphatic heterocycles. The summed E-state index contributed by atoms with van der Waals surface area (Å²) in [6, 6.07) is 4.74. The molecule has 3 rings (SSSR count). The molecule has 1 aromatic heterocycles. The third-order valence-electron chi connectivity index (χ3n) is 3.77. The van der Waals surface area contributed by atoms with Crippen LogP contribution in [0.3, 0.4) is 0 Å². The Hall–Kier alpha value is -1.95. The number of aromatic amines is 1. The van der Waals surface area contributed by atoms with E-state index >= 15 is 0 Å². The average Bonchev–Trinajstić information content (AvgIpc) is 2.80. The fourth-order valence-corrected chi connectivity index (χ4v) is 3.14. The van der Waals surface area contributed by atoms with Crippen molar-refractivity contribution in [2.45, 2.75) is 25.3 Å². The molecular formula is C14H13FN2O2S. The third kappa shape index (κ3) is 2.16. The minimum atomic E-state index is -1.01. The van der Waals surface area contributed by atoms with Crippen molar-refractivity contribution in [3.8, 4) is 0 Å². The van der Waals surface area contributed by atoms with Crippen molar-refractivity contribution < 1.29 is 14.3 Å². The maximum atomic E-state index is 13.3. The van der Waals surface area contributed by atoms with E-state index in [1.807, 2.05) is 0 Å². The van der Waals surface area contributed by atoms with Crippen molar-refractivity contribution in [2.75, 3.05) is 0 Å². The minimum Gasteiger partial charge on any atom is -0.477 e. The molecule has 0 bridgehead atoms. The molecule has 1 heterocycles. The van der Waals surface area contributed by atoms with Gasteiger partial charge in [-0.05, 0) is 54.7 Å². The molecule has 1 aromatic carbocycles. The summed E-state index contributed by atoms with van der Waals surface area (Å²) >= 11 is 5.17. The fraction of sp³-hybridized carbons (Fsp3) is 0.286. The smallest absolute Gasteiger partial charge is 0.354 e.